The van der Waals surface area contributed by atoms with Crippen molar-refractivity contribution in [3.63, 3.8) is 0 Å². The number of nitro groups is 1. The van der Waals surface area contributed by atoms with Gasteiger partial charge in [-0.05, 0) is 31.4 Å². The van der Waals surface area contributed by atoms with Gasteiger partial charge in [0.2, 0.25) is 0 Å². The zero-order valence-electron chi connectivity index (χ0n) is 10.5. The Morgan fingerprint density at radius 3 is 3.05 bits per heavy atom. The Hall–Kier alpha value is -2.13. The number of ether oxygens (including phenoxy) is 1. The molecule has 1 fully saturated rings. The van der Waals surface area contributed by atoms with Crippen molar-refractivity contribution < 1.29 is 9.66 Å². The van der Waals surface area contributed by atoms with Crippen LogP contribution in [0.4, 0.5) is 11.4 Å². The molecule has 0 bridgehead atoms. The van der Waals surface area contributed by atoms with Crippen molar-refractivity contribution in [1.29, 1.82) is 5.26 Å². The van der Waals surface area contributed by atoms with Gasteiger partial charge in [-0.3, -0.25) is 10.1 Å². The number of nitriles is 1. The molecule has 0 aliphatic carbocycles. The summed E-state index contributed by atoms with van der Waals surface area (Å²) < 4.78 is 5.49. The van der Waals surface area contributed by atoms with Crippen LogP contribution in [0.3, 0.4) is 0 Å². The van der Waals surface area contributed by atoms with Crippen molar-refractivity contribution in [3.05, 3.63) is 33.9 Å². The predicted molar refractivity (Wildman–Crippen MR) is 69.9 cm³/mol. The number of nitrogens with zero attached hydrogens (tertiary/aromatic N) is 2. The van der Waals surface area contributed by atoms with Gasteiger partial charge in [0, 0.05) is 19.2 Å². The number of hydrogen-bond acceptors (Lipinski definition) is 5. The van der Waals surface area contributed by atoms with E-state index in [0.717, 1.165) is 25.9 Å². The largest absolute Gasteiger partial charge is 0.379 e. The van der Waals surface area contributed by atoms with Crippen LogP contribution in [0, 0.1) is 21.4 Å². The Kier molecular flexibility index (Phi) is 4.31. The van der Waals surface area contributed by atoms with Crippen LogP contribution in [-0.2, 0) is 4.74 Å². The van der Waals surface area contributed by atoms with Gasteiger partial charge in [0.15, 0.2) is 0 Å². The van der Waals surface area contributed by atoms with E-state index < -0.39 is 4.92 Å². The zero-order chi connectivity index (χ0) is 13.7. The van der Waals surface area contributed by atoms with E-state index in [2.05, 4.69) is 5.32 Å². The average Bonchev–Trinajstić information content (AvgIpc) is 2.92. The van der Waals surface area contributed by atoms with Gasteiger partial charge in [0.25, 0.3) is 5.69 Å². The molecule has 1 aromatic rings. The number of benzene rings is 1. The molecule has 1 atom stereocenters. The highest BCUT2D eigenvalue weighted by atomic mass is 16.6. The first-order valence-electron chi connectivity index (χ1n) is 6.24. The van der Waals surface area contributed by atoms with Crippen molar-refractivity contribution in [2.45, 2.75) is 25.4 Å². The highest BCUT2D eigenvalue weighted by Gasteiger charge is 2.17. The van der Waals surface area contributed by atoms with Crippen LogP contribution in [0.5, 0.6) is 0 Å². The zero-order valence-corrected chi connectivity index (χ0v) is 10.5. The highest BCUT2D eigenvalue weighted by molar-refractivity contribution is 5.63. The fourth-order valence-corrected chi connectivity index (χ4v) is 2.14. The smallest absolute Gasteiger partial charge is 0.293 e. The van der Waals surface area contributed by atoms with Gasteiger partial charge in [-0.25, -0.2) is 0 Å². The lowest BCUT2D eigenvalue weighted by Crippen LogP contribution is -2.13. The van der Waals surface area contributed by atoms with E-state index in [9.17, 15) is 10.1 Å². The first-order valence-corrected chi connectivity index (χ1v) is 6.24. The molecule has 1 heterocycles. The summed E-state index contributed by atoms with van der Waals surface area (Å²) in [5.41, 5.74) is 0.671. The molecule has 0 radical (unpaired) electrons. The van der Waals surface area contributed by atoms with Gasteiger partial charge in [-0.15, -0.1) is 0 Å². The SMILES string of the molecule is N#Cc1ccc(NCCC2CCCO2)c([N+](=O)[O-])c1. The molecule has 0 saturated carbocycles. The van der Waals surface area contributed by atoms with E-state index in [0.29, 0.717) is 12.2 Å². The number of nitro benzene ring substituents is 1. The van der Waals surface area contributed by atoms with E-state index in [1.54, 1.807) is 12.1 Å². The fourth-order valence-electron chi connectivity index (χ4n) is 2.14. The third-order valence-electron chi connectivity index (χ3n) is 3.13. The van der Waals surface area contributed by atoms with Crippen molar-refractivity contribution in [2.24, 2.45) is 0 Å². The monoisotopic (exact) mass is 261 g/mol. The number of hydrogen-bond donors (Lipinski definition) is 1. The molecule has 0 aromatic heterocycles. The van der Waals surface area contributed by atoms with E-state index in [1.165, 1.54) is 6.07 Å². The quantitative estimate of drug-likeness (QED) is 0.649. The van der Waals surface area contributed by atoms with E-state index >= 15 is 0 Å². The van der Waals surface area contributed by atoms with Gasteiger partial charge in [-0.1, -0.05) is 0 Å². The third kappa shape index (κ3) is 3.42. The van der Waals surface area contributed by atoms with Gasteiger partial charge < -0.3 is 10.1 Å². The minimum Gasteiger partial charge on any atom is -0.379 e. The molecule has 1 N–H and O–H groups in total. The van der Waals surface area contributed by atoms with Crippen molar-refractivity contribution in [3.8, 4) is 6.07 Å². The van der Waals surface area contributed by atoms with E-state index in [4.69, 9.17) is 10.00 Å². The molecule has 6 heteroatoms. The Bertz CT molecular complexity index is 504. The van der Waals surface area contributed by atoms with Crippen LogP contribution in [0.25, 0.3) is 0 Å². The molecular formula is C13H15N3O3. The summed E-state index contributed by atoms with van der Waals surface area (Å²) in [7, 11) is 0. The normalized spacial score (nSPS) is 17.9. The molecule has 0 spiro atoms. The summed E-state index contributed by atoms with van der Waals surface area (Å²) in [6, 6.07) is 6.33. The lowest BCUT2D eigenvalue weighted by molar-refractivity contribution is -0.384. The molecule has 0 amide bonds. The van der Waals surface area contributed by atoms with Crippen molar-refractivity contribution in [1.82, 2.24) is 0 Å². The topological polar surface area (TPSA) is 88.2 Å². The molecule has 1 unspecified atom stereocenters. The molecular weight excluding hydrogens is 246 g/mol. The van der Waals surface area contributed by atoms with Crippen molar-refractivity contribution >= 4 is 11.4 Å². The maximum atomic E-state index is 10.9. The molecule has 19 heavy (non-hydrogen) atoms. The molecule has 1 aliphatic rings. The second-order valence-electron chi connectivity index (χ2n) is 4.45. The maximum absolute atomic E-state index is 10.9. The van der Waals surface area contributed by atoms with E-state index in [-0.39, 0.29) is 17.4 Å². The van der Waals surface area contributed by atoms with Crippen LogP contribution in [0.15, 0.2) is 18.2 Å². The molecule has 100 valence electrons. The Labute approximate surface area is 111 Å². The first kappa shape index (κ1) is 13.3. The summed E-state index contributed by atoms with van der Waals surface area (Å²) in [6.45, 7) is 1.43. The van der Waals surface area contributed by atoms with Gasteiger partial charge in [0.1, 0.15) is 5.69 Å². The van der Waals surface area contributed by atoms with Crippen LogP contribution >= 0.6 is 0 Å². The van der Waals surface area contributed by atoms with Gasteiger partial charge >= 0.3 is 0 Å². The van der Waals surface area contributed by atoms with Crippen LogP contribution in [-0.4, -0.2) is 24.2 Å². The van der Waals surface area contributed by atoms with Crippen LogP contribution in [0.1, 0.15) is 24.8 Å². The second kappa shape index (κ2) is 6.16. The molecule has 2 rings (SSSR count). The van der Waals surface area contributed by atoms with Gasteiger partial charge in [0.05, 0.1) is 22.7 Å². The Morgan fingerprint density at radius 2 is 2.42 bits per heavy atom. The molecule has 6 nitrogen and oxygen atoms in total. The summed E-state index contributed by atoms with van der Waals surface area (Å²) in [6.07, 6.45) is 3.22. The Balaban J connectivity index is 1.98. The minimum atomic E-state index is -0.477. The summed E-state index contributed by atoms with van der Waals surface area (Å²) >= 11 is 0. The Morgan fingerprint density at radius 1 is 1.58 bits per heavy atom. The molecule has 1 aromatic carbocycles. The maximum Gasteiger partial charge on any atom is 0.293 e. The third-order valence-corrected chi connectivity index (χ3v) is 3.13. The minimum absolute atomic E-state index is 0.0635. The highest BCUT2D eigenvalue weighted by Crippen LogP contribution is 2.25. The fraction of sp³-hybridized carbons (Fsp3) is 0.462. The second-order valence-corrected chi connectivity index (χ2v) is 4.45. The number of anilines is 1. The van der Waals surface area contributed by atoms with Crippen LogP contribution < -0.4 is 5.32 Å². The average molecular weight is 261 g/mol. The number of rotatable bonds is 5. The number of nitrogens with one attached hydrogen (secondary N) is 1. The summed E-state index contributed by atoms with van der Waals surface area (Å²) in [4.78, 5) is 10.5. The molecule has 1 aliphatic heterocycles. The standard InChI is InChI=1S/C13H15N3O3/c14-9-10-3-4-12(13(8-10)16(17)18)15-6-5-11-2-1-7-19-11/h3-4,8,11,15H,1-2,5-7H2. The van der Waals surface area contributed by atoms with Crippen molar-refractivity contribution in [2.75, 3.05) is 18.5 Å². The molecule has 1 saturated heterocycles. The summed E-state index contributed by atoms with van der Waals surface area (Å²) in [5.74, 6) is 0. The summed E-state index contributed by atoms with van der Waals surface area (Å²) in [5, 5.41) is 22.7. The van der Waals surface area contributed by atoms with E-state index in [1.807, 2.05) is 6.07 Å². The van der Waals surface area contributed by atoms with Gasteiger partial charge in [-0.2, -0.15) is 5.26 Å². The lowest BCUT2D eigenvalue weighted by atomic mass is 10.1. The lowest BCUT2D eigenvalue weighted by Gasteiger charge is -2.11. The first-order chi connectivity index (χ1) is 9.20. The van der Waals surface area contributed by atoms with Crippen LogP contribution in [0.2, 0.25) is 0 Å². The predicted octanol–water partition coefficient (Wildman–Crippen LogP) is 2.45.